The molecule has 0 amide bonds. The van der Waals surface area contributed by atoms with E-state index in [9.17, 15) is 5.21 Å². The van der Waals surface area contributed by atoms with Gasteiger partial charge < -0.3 is 26.3 Å². The summed E-state index contributed by atoms with van der Waals surface area (Å²) in [7, 11) is 1.68. The number of nitrogens with two attached hydrogens (primary N) is 1. The number of methoxy groups -OCH3 is 1. The van der Waals surface area contributed by atoms with Gasteiger partial charge in [0.1, 0.15) is 0 Å². The number of benzene rings is 1. The highest BCUT2D eigenvalue weighted by Crippen LogP contribution is 2.14. The minimum atomic E-state index is 0.131. The van der Waals surface area contributed by atoms with Crippen LogP contribution < -0.4 is 21.1 Å². The summed E-state index contributed by atoms with van der Waals surface area (Å²) >= 11 is 0. The van der Waals surface area contributed by atoms with E-state index in [0.717, 1.165) is 18.7 Å². The molecule has 0 saturated heterocycles. The molecule has 160 valence electrons. The summed E-state index contributed by atoms with van der Waals surface area (Å²) in [5.74, 6) is 0.976. The van der Waals surface area contributed by atoms with Crippen molar-refractivity contribution in [3.63, 3.8) is 0 Å². The fourth-order valence-electron chi connectivity index (χ4n) is 3.00. The first-order valence-corrected chi connectivity index (χ1v) is 9.78. The molecule has 4 rings (SSSR count). The van der Waals surface area contributed by atoms with Crippen molar-refractivity contribution in [3.8, 4) is 11.5 Å². The van der Waals surface area contributed by atoms with Crippen molar-refractivity contribution in [2.45, 2.75) is 6.42 Å². The van der Waals surface area contributed by atoms with Crippen LogP contribution in [-0.2, 0) is 11.2 Å². The molecule has 3 heterocycles. The lowest BCUT2D eigenvalue weighted by Gasteiger charge is -2.08. The summed E-state index contributed by atoms with van der Waals surface area (Å²) in [6, 6.07) is 13.2. The Morgan fingerprint density at radius 1 is 1.06 bits per heavy atom. The Morgan fingerprint density at radius 2 is 1.90 bits per heavy atom. The topological polar surface area (TPSA) is 142 Å². The average molecular weight is 421 g/mol. The zero-order valence-electron chi connectivity index (χ0n) is 17.0. The molecule has 0 aliphatic heterocycles. The normalized spacial score (nSPS) is 11.0. The molecule has 11 heteroatoms. The van der Waals surface area contributed by atoms with Gasteiger partial charge in [0, 0.05) is 38.0 Å². The predicted molar refractivity (Wildman–Crippen MR) is 116 cm³/mol. The van der Waals surface area contributed by atoms with Gasteiger partial charge in [0.25, 0.3) is 11.5 Å². The summed E-state index contributed by atoms with van der Waals surface area (Å²) in [5, 5.41) is 22.6. The SMILES string of the molecule is COCCNc1ccc(CCNc2nc(N)n3nc(-c4cccc[n+]4[O-])nc3n2)cc1. The first-order valence-electron chi connectivity index (χ1n) is 9.78. The lowest BCUT2D eigenvalue weighted by atomic mass is 10.1. The third-order valence-corrected chi connectivity index (χ3v) is 4.57. The molecule has 0 radical (unpaired) electrons. The molecule has 0 saturated carbocycles. The molecule has 0 unspecified atom stereocenters. The van der Waals surface area contributed by atoms with Gasteiger partial charge in [0.2, 0.25) is 17.7 Å². The van der Waals surface area contributed by atoms with Crippen molar-refractivity contribution in [2.24, 2.45) is 0 Å². The summed E-state index contributed by atoms with van der Waals surface area (Å²) in [6.07, 6.45) is 2.16. The number of aromatic nitrogens is 6. The second-order valence-corrected chi connectivity index (χ2v) is 6.76. The van der Waals surface area contributed by atoms with E-state index in [1.54, 1.807) is 25.3 Å². The van der Waals surface area contributed by atoms with Gasteiger partial charge in [-0.2, -0.15) is 24.2 Å². The van der Waals surface area contributed by atoms with Gasteiger partial charge in [0.05, 0.1) is 6.61 Å². The predicted octanol–water partition coefficient (Wildman–Crippen LogP) is 1.11. The molecule has 4 N–H and O–H groups in total. The lowest BCUT2D eigenvalue weighted by molar-refractivity contribution is -0.594. The monoisotopic (exact) mass is 421 g/mol. The number of rotatable bonds is 9. The number of hydrogen-bond acceptors (Lipinski definition) is 9. The van der Waals surface area contributed by atoms with Gasteiger partial charge in [-0.05, 0) is 30.2 Å². The Kier molecular flexibility index (Phi) is 6.03. The van der Waals surface area contributed by atoms with Crippen LogP contribution in [0.1, 0.15) is 5.56 Å². The fourth-order valence-corrected chi connectivity index (χ4v) is 3.00. The molecule has 31 heavy (non-hydrogen) atoms. The molecule has 0 aliphatic carbocycles. The summed E-state index contributed by atoms with van der Waals surface area (Å²) in [5.41, 5.74) is 8.54. The first-order chi connectivity index (χ1) is 15.1. The Balaban J connectivity index is 1.40. The number of nitrogens with zero attached hydrogens (tertiary/aromatic N) is 6. The average Bonchev–Trinajstić information content (AvgIpc) is 3.20. The molecule has 0 fully saturated rings. The number of nitrogen functional groups attached to an aromatic ring is 1. The maximum absolute atomic E-state index is 11.9. The zero-order valence-corrected chi connectivity index (χ0v) is 17.0. The van der Waals surface area contributed by atoms with E-state index in [0.29, 0.717) is 29.5 Å². The zero-order chi connectivity index (χ0) is 21.6. The van der Waals surface area contributed by atoms with E-state index in [2.05, 4.69) is 42.8 Å². The van der Waals surface area contributed by atoms with Gasteiger partial charge in [-0.15, -0.1) is 5.10 Å². The first kappa shape index (κ1) is 20.3. The maximum Gasteiger partial charge on any atom is 0.263 e. The molecular weight excluding hydrogens is 398 g/mol. The Bertz CT molecular complexity index is 1160. The van der Waals surface area contributed by atoms with Gasteiger partial charge in [0.15, 0.2) is 6.20 Å². The van der Waals surface area contributed by atoms with Crippen molar-refractivity contribution < 1.29 is 9.47 Å². The quantitative estimate of drug-likeness (QED) is 0.206. The number of pyridine rings is 1. The van der Waals surface area contributed by atoms with E-state index in [1.807, 2.05) is 12.1 Å². The van der Waals surface area contributed by atoms with Gasteiger partial charge in [-0.1, -0.05) is 12.1 Å². The van der Waals surface area contributed by atoms with Crippen molar-refractivity contribution in [3.05, 3.63) is 59.4 Å². The Hall–Kier alpha value is -3.99. The molecule has 0 atom stereocenters. The van der Waals surface area contributed by atoms with E-state index >= 15 is 0 Å². The van der Waals surface area contributed by atoms with Crippen LogP contribution in [0.15, 0.2) is 48.7 Å². The molecule has 0 spiro atoms. The summed E-state index contributed by atoms with van der Waals surface area (Å²) < 4.78 is 7.03. The van der Waals surface area contributed by atoms with Crippen LogP contribution in [0.25, 0.3) is 17.3 Å². The molecule has 11 nitrogen and oxygen atoms in total. The van der Waals surface area contributed by atoms with Gasteiger partial charge in [-0.25, -0.2) is 0 Å². The number of hydrogen-bond donors (Lipinski definition) is 3. The molecule has 0 bridgehead atoms. The van der Waals surface area contributed by atoms with Crippen molar-refractivity contribution in [1.82, 2.24) is 24.6 Å². The Morgan fingerprint density at radius 3 is 2.68 bits per heavy atom. The minimum absolute atomic E-state index is 0.131. The van der Waals surface area contributed by atoms with E-state index in [4.69, 9.17) is 10.5 Å². The molecule has 0 aliphatic rings. The van der Waals surface area contributed by atoms with Crippen molar-refractivity contribution >= 4 is 23.4 Å². The van der Waals surface area contributed by atoms with E-state index in [-0.39, 0.29) is 17.6 Å². The Labute approximate surface area is 178 Å². The minimum Gasteiger partial charge on any atom is -0.618 e. The highest BCUT2D eigenvalue weighted by molar-refractivity contribution is 5.52. The van der Waals surface area contributed by atoms with Crippen molar-refractivity contribution in [2.75, 3.05) is 43.2 Å². The van der Waals surface area contributed by atoms with Crippen LogP contribution in [0, 0.1) is 5.21 Å². The lowest BCUT2D eigenvalue weighted by Crippen LogP contribution is -2.28. The largest absolute Gasteiger partial charge is 0.618 e. The number of nitrogens with one attached hydrogen (secondary N) is 2. The standard InChI is InChI=1S/C20H23N9O2/c1-31-13-11-22-15-7-5-14(6-8-15)9-10-23-19-25-18(21)29-20(26-19)24-17(27-29)16-4-2-3-12-28(16)30/h2-8,12,22H,9-11,13H2,1H3,(H3,21,23,24,25,26,27). The number of ether oxygens (including phenoxy) is 1. The highest BCUT2D eigenvalue weighted by Gasteiger charge is 2.17. The van der Waals surface area contributed by atoms with Crippen LogP contribution in [0.4, 0.5) is 17.6 Å². The number of anilines is 3. The smallest absolute Gasteiger partial charge is 0.263 e. The van der Waals surface area contributed by atoms with Crippen LogP contribution in [0.5, 0.6) is 0 Å². The molecule has 3 aromatic heterocycles. The second kappa shape index (κ2) is 9.22. The summed E-state index contributed by atoms with van der Waals surface area (Å²) in [6.45, 7) is 2.04. The van der Waals surface area contributed by atoms with Gasteiger partial charge in [-0.3, -0.25) is 0 Å². The third-order valence-electron chi connectivity index (χ3n) is 4.57. The van der Waals surface area contributed by atoms with Crippen LogP contribution >= 0.6 is 0 Å². The maximum atomic E-state index is 11.9. The fraction of sp³-hybridized carbons (Fsp3) is 0.250. The third kappa shape index (κ3) is 4.78. The van der Waals surface area contributed by atoms with Gasteiger partial charge >= 0.3 is 0 Å². The molecular formula is C20H23N9O2. The second-order valence-electron chi connectivity index (χ2n) is 6.76. The summed E-state index contributed by atoms with van der Waals surface area (Å²) in [4.78, 5) is 12.9. The van der Waals surface area contributed by atoms with Crippen molar-refractivity contribution in [1.29, 1.82) is 0 Å². The highest BCUT2D eigenvalue weighted by atomic mass is 16.5. The van der Waals surface area contributed by atoms with Crippen LogP contribution in [0.3, 0.4) is 0 Å². The van der Waals surface area contributed by atoms with E-state index < -0.39 is 0 Å². The number of fused-ring (bicyclic) bond motifs is 1. The molecule has 1 aromatic carbocycles. The molecule has 4 aromatic rings. The van der Waals surface area contributed by atoms with E-state index in [1.165, 1.54) is 16.3 Å². The van der Waals surface area contributed by atoms with Crippen LogP contribution in [0.2, 0.25) is 0 Å². The van der Waals surface area contributed by atoms with Crippen LogP contribution in [-0.4, -0.2) is 51.4 Å².